The summed E-state index contributed by atoms with van der Waals surface area (Å²) in [6, 6.07) is 13.2. The second-order valence-electron chi connectivity index (χ2n) is 7.74. The fourth-order valence-electron chi connectivity index (χ4n) is 3.84. The standard InChI is InChI=1S/C24H30N2O5/c1-29-20-8-5-17(6-9-20)3-4-18-11-13-26(14-12-18)24(28)19-7-10-21(22(15-19)30-2)31-16-23(25)27/h5-10,15,18H,3-4,11-14,16H2,1-2H3,(H2,25,27). The van der Waals surface area contributed by atoms with E-state index in [4.69, 9.17) is 19.9 Å². The molecule has 0 spiro atoms. The third kappa shape index (κ3) is 6.13. The smallest absolute Gasteiger partial charge is 0.255 e. The van der Waals surface area contributed by atoms with E-state index in [0.717, 1.165) is 44.5 Å². The molecule has 1 fully saturated rings. The van der Waals surface area contributed by atoms with Gasteiger partial charge in [0.1, 0.15) is 5.75 Å². The van der Waals surface area contributed by atoms with Crippen LogP contribution in [0.1, 0.15) is 35.2 Å². The normalized spacial score (nSPS) is 14.2. The highest BCUT2D eigenvalue weighted by Gasteiger charge is 2.24. The molecule has 0 unspecified atom stereocenters. The maximum absolute atomic E-state index is 12.9. The van der Waals surface area contributed by atoms with Crippen molar-refractivity contribution in [2.75, 3.05) is 33.9 Å². The summed E-state index contributed by atoms with van der Waals surface area (Å²) in [5.74, 6) is 1.69. The second kappa shape index (κ2) is 10.7. The minimum Gasteiger partial charge on any atom is -0.497 e. The van der Waals surface area contributed by atoms with Gasteiger partial charge >= 0.3 is 0 Å². The van der Waals surface area contributed by atoms with Crippen LogP contribution in [0.25, 0.3) is 0 Å². The van der Waals surface area contributed by atoms with Crippen molar-refractivity contribution in [3.63, 3.8) is 0 Å². The number of carbonyl (C=O) groups is 2. The van der Waals surface area contributed by atoms with Gasteiger partial charge in [-0.1, -0.05) is 12.1 Å². The zero-order valence-electron chi connectivity index (χ0n) is 18.1. The predicted octanol–water partition coefficient (Wildman–Crippen LogP) is 3.05. The summed E-state index contributed by atoms with van der Waals surface area (Å²) in [6.07, 6.45) is 4.15. The number of carbonyl (C=O) groups excluding carboxylic acids is 2. The number of methoxy groups -OCH3 is 2. The summed E-state index contributed by atoms with van der Waals surface area (Å²) in [5.41, 5.74) is 6.97. The third-order valence-electron chi connectivity index (χ3n) is 5.68. The van der Waals surface area contributed by atoms with Crippen LogP contribution in [0, 0.1) is 5.92 Å². The Balaban J connectivity index is 1.51. The van der Waals surface area contributed by atoms with E-state index >= 15 is 0 Å². The number of amides is 2. The van der Waals surface area contributed by atoms with Crippen LogP contribution in [0.15, 0.2) is 42.5 Å². The SMILES string of the molecule is COc1ccc(CCC2CCN(C(=O)c3ccc(OCC(N)=O)c(OC)c3)CC2)cc1. The van der Waals surface area contributed by atoms with E-state index in [2.05, 4.69) is 12.1 Å². The average Bonchev–Trinajstić information content (AvgIpc) is 2.81. The van der Waals surface area contributed by atoms with Crippen LogP contribution in [-0.2, 0) is 11.2 Å². The molecule has 31 heavy (non-hydrogen) atoms. The van der Waals surface area contributed by atoms with Crippen molar-refractivity contribution in [1.82, 2.24) is 4.90 Å². The molecule has 166 valence electrons. The fourth-order valence-corrected chi connectivity index (χ4v) is 3.84. The molecule has 0 aliphatic carbocycles. The molecule has 7 nitrogen and oxygen atoms in total. The molecule has 0 saturated carbocycles. The lowest BCUT2D eigenvalue weighted by molar-refractivity contribution is -0.119. The summed E-state index contributed by atoms with van der Waals surface area (Å²) < 4.78 is 15.8. The number of hydrogen-bond donors (Lipinski definition) is 1. The highest BCUT2D eigenvalue weighted by atomic mass is 16.5. The van der Waals surface area contributed by atoms with Gasteiger partial charge in [0.25, 0.3) is 11.8 Å². The van der Waals surface area contributed by atoms with Gasteiger partial charge in [0.05, 0.1) is 14.2 Å². The Kier molecular flexibility index (Phi) is 7.76. The molecule has 2 N–H and O–H groups in total. The summed E-state index contributed by atoms with van der Waals surface area (Å²) in [4.78, 5) is 25.8. The number of likely N-dealkylation sites (tertiary alicyclic amines) is 1. The molecule has 1 aliphatic rings. The zero-order chi connectivity index (χ0) is 22.2. The van der Waals surface area contributed by atoms with Gasteiger partial charge in [-0.3, -0.25) is 9.59 Å². The Morgan fingerprint density at radius 3 is 2.32 bits per heavy atom. The first-order valence-electron chi connectivity index (χ1n) is 10.5. The Hall–Kier alpha value is -3.22. The topological polar surface area (TPSA) is 91.1 Å². The molecule has 0 atom stereocenters. The van der Waals surface area contributed by atoms with Gasteiger partial charge in [-0.25, -0.2) is 0 Å². The van der Waals surface area contributed by atoms with E-state index in [1.54, 1.807) is 25.3 Å². The quantitative estimate of drug-likeness (QED) is 0.665. The molecule has 1 saturated heterocycles. The van der Waals surface area contributed by atoms with Crippen molar-refractivity contribution in [2.24, 2.45) is 11.7 Å². The van der Waals surface area contributed by atoms with Crippen LogP contribution in [-0.4, -0.2) is 50.6 Å². The summed E-state index contributed by atoms with van der Waals surface area (Å²) in [7, 11) is 3.17. The Morgan fingerprint density at radius 2 is 1.71 bits per heavy atom. The van der Waals surface area contributed by atoms with E-state index in [1.807, 2.05) is 17.0 Å². The minimum absolute atomic E-state index is 0.0200. The van der Waals surface area contributed by atoms with Gasteiger partial charge < -0.3 is 24.8 Å². The van der Waals surface area contributed by atoms with Gasteiger partial charge in [-0.2, -0.15) is 0 Å². The first-order chi connectivity index (χ1) is 15.0. The van der Waals surface area contributed by atoms with Crippen LogP contribution in [0.3, 0.4) is 0 Å². The van der Waals surface area contributed by atoms with Crippen molar-refractivity contribution < 1.29 is 23.8 Å². The molecule has 1 aliphatic heterocycles. The van der Waals surface area contributed by atoms with Crippen molar-refractivity contribution in [1.29, 1.82) is 0 Å². The maximum Gasteiger partial charge on any atom is 0.255 e. The molecule has 0 aromatic heterocycles. The number of hydrogen-bond acceptors (Lipinski definition) is 5. The number of rotatable bonds is 9. The van der Waals surface area contributed by atoms with Gasteiger partial charge in [0, 0.05) is 18.7 Å². The zero-order valence-corrected chi connectivity index (χ0v) is 18.1. The largest absolute Gasteiger partial charge is 0.497 e. The Morgan fingerprint density at radius 1 is 1.00 bits per heavy atom. The lowest BCUT2D eigenvalue weighted by Crippen LogP contribution is -2.38. The predicted molar refractivity (Wildman–Crippen MR) is 118 cm³/mol. The Labute approximate surface area is 183 Å². The highest BCUT2D eigenvalue weighted by molar-refractivity contribution is 5.95. The van der Waals surface area contributed by atoms with Gasteiger partial charge in [-0.15, -0.1) is 0 Å². The molecule has 2 amide bonds. The lowest BCUT2D eigenvalue weighted by Gasteiger charge is -2.32. The van der Waals surface area contributed by atoms with E-state index in [-0.39, 0.29) is 12.5 Å². The average molecular weight is 427 g/mol. The molecule has 1 heterocycles. The van der Waals surface area contributed by atoms with Crippen molar-refractivity contribution >= 4 is 11.8 Å². The molecule has 0 radical (unpaired) electrons. The van der Waals surface area contributed by atoms with Crippen LogP contribution >= 0.6 is 0 Å². The number of piperidine rings is 1. The molecule has 7 heteroatoms. The first-order valence-corrected chi connectivity index (χ1v) is 10.5. The maximum atomic E-state index is 12.9. The first kappa shape index (κ1) is 22.5. The highest BCUT2D eigenvalue weighted by Crippen LogP contribution is 2.30. The van der Waals surface area contributed by atoms with Gasteiger partial charge in [-0.05, 0) is 67.5 Å². The fraction of sp³-hybridized carbons (Fsp3) is 0.417. The molecular formula is C24H30N2O5. The van der Waals surface area contributed by atoms with Gasteiger partial charge in [0.2, 0.25) is 0 Å². The molecule has 2 aromatic carbocycles. The van der Waals surface area contributed by atoms with Crippen molar-refractivity contribution in [3.05, 3.63) is 53.6 Å². The summed E-state index contributed by atoms with van der Waals surface area (Å²) in [6.45, 7) is 1.25. The molecule has 3 rings (SSSR count). The number of nitrogens with zero attached hydrogens (tertiary/aromatic N) is 1. The second-order valence-corrected chi connectivity index (χ2v) is 7.74. The van der Waals surface area contributed by atoms with Crippen molar-refractivity contribution in [2.45, 2.75) is 25.7 Å². The van der Waals surface area contributed by atoms with Crippen LogP contribution in [0.5, 0.6) is 17.2 Å². The number of primary amides is 1. The third-order valence-corrected chi connectivity index (χ3v) is 5.68. The van der Waals surface area contributed by atoms with Crippen LogP contribution in [0.4, 0.5) is 0 Å². The van der Waals surface area contributed by atoms with E-state index in [9.17, 15) is 9.59 Å². The number of aryl methyl sites for hydroxylation is 1. The van der Waals surface area contributed by atoms with Gasteiger partial charge in [0.15, 0.2) is 18.1 Å². The lowest BCUT2D eigenvalue weighted by atomic mass is 9.90. The van der Waals surface area contributed by atoms with E-state index in [0.29, 0.717) is 23.0 Å². The summed E-state index contributed by atoms with van der Waals surface area (Å²) >= 11 is 0. The minimum atomic E-state index is -0.572. The molecule has 2 aromatic rings. The number of benzene rings is 2. The molecular weight excluding hydrogens is 396 g/mol. The van der Waals surface area contributed by atoms with Crippen LogP contribution in [0.2, 0.25) is 0 Å². The van der Waals surface area contributed by atoms with E-state index in [1.165, 1.54) is 12.7 Å². The monoisotopic (exact) mass is 426 g/mol. The van der Waals surface area contributed by atoms with Crippen molar-refractivity contribution in [3.8, 4) is 17.2 Å². The number of ether oxygens (including phenoxy) is 3. The molecule has 0 bridgehead atoms. The van der Waals surface area contributed by atoms with Crippen LogP contribution < -0.4 is 19.9 Å². The summed E-state index contributed by atoms with van der Waals surface area (Å²) in [5, 5.41) is 0. The Bertz CT molecular complexity index is 889. The number of nitrogens with two attached hydrogens (primary N) is 1. The van der Waals surface area contributed by atoms with E-state index < -0.39 is 5.91 Å².